The maximum absolute atomic E-state index is 13.2. The van der Waals surface area contributed by atoms with Crippen LogP contribution in [-0.2, 0) is 16.1 Å². The van der Waals surface area contributed by atoms with E-state index in [0.717, 1.165) is 16.7 Å². The van der Waals surface area contributed by atoms with Gasteiger partial charge in [0.15, 0.2) is 6.61 Å². The predicted molar refractivity (Wildman–Crippen MR) is 125 cm³/mol. The van der Waals surface area contributed by atoms with Gasteiger partial charge in [-0.25, -0.2) is 0 Å². The number of halogens is 1. The summed E-state index contributed by atoms with van der Waals surface area (Å²) in [6.45, 7) is 11.7. The van der Waals surface area contributed by atoms with Crippen molar-refractivity contribution < 1.29 is 14.3 Å². The number of benzene rings is 2. The molecular weight excluding hydrogens is 412 g/mol. The average molecular weight is 445 g/mol. The Hall–Kier alpha value is -2.53. The van der Waals surface area contributed by atoms with Gasteiger partial charge in [0, 0.05) is 17.1 Å². The zero-order valence-corrected chi connectivity index (χ0v) is 20.0. The van der Waals surface area contributed by atoms with Gasteiger partial charge in [-0.3, -0.25) is 9.59 Å². The Balaban J connectivity index is 2.24. The van der Waals surface area contributed by atoms with Gasteiger partial charge in [-0.15, -0.1) is 0 Å². The summed E-state index contributed by atoms with van der Waals surface area (Å²) in [5, 5.41) is 3.65. The van der Waals surface area contributed by atoms with E-state index in [-0.39, 0.29) is 24.0 Å². The molecule has 0 aromatic heterocycles. The van der Waals surface area contributed by atoms with Crippen molar-refractivity contribution in [2.75, 3.05) is 6.61 Å². The first-order valence-electron chi connectivity index (χ1n) is 10.6. The van der Waals surface area contributed by atoms with Crippen molar-refractivity contribution in [3.8, 4) is 5.75 Å². The quantitative estimate of drug-likeness (QED) is 0.619. The van der Waals surface area contributed by atoms with Crippen LogP contribution >= 0.6 is 11.6 Å². The second kappa shape index (κ2) is 10.7. The summed E-state index contributed by atoms with van der Waals surface area (Å²) in [6.07, 6.45) is 0.500. The second-order valence-corrected chi connectivity index (χ2v) is 9.28. The molecule has 0 radical (unpaired) electrons. The van der Waals surface area contributed by atoms with E-state index in [1.165, 1.54) is 0 Å². The Labute approximate surface area is 190 Å². The Morgan fingerprint density at radius 3 is 2.42 bits per heavy atom. The van der Waals surface area contributed by atoms with E-state index in [9.17, 15) is 9.59 Å². The highest BCUT2D eigenvalue weighted by molar-refractivity contribution is 6.31. The number of aryl methyl sites for hydroxylation is 2. The van der Waals surface area contributed by atoms with Crippen LogP contribution in [0.1, 0.15) is 50.8 Å². The summed E-state index contributed by atoms with van der Waals surface area (Å²) in [7, 11) is 0. The number of ether oxygens (including phenoxy) is 1. The number of carbonyl (C=O) groups excluding carboxylic acids is 2. The molecule has 1 atom stereocenters. The summed E-state index contributed by atoms with van der Waals surface area (Å²) >= 11 is 6.07. The van der Waals surface area contributed by atoms with Gasteiger partial charge in [0.1, 0.15) is 11.8 Å². The molecule has 0 aliphatic heterocycles. The minimum absolute atomic E-state index is 0.161. The van der Waals surface area contributed by atoms with Crippen LogP contribution in [0.15, 0.2) is 42.5 Å². The summed E-state index contributed by atoms with van der Waals surface area (Å²) in [5.74, 6) is 0.154. The SMILES string of the molecule is CC[C@H](C(=O)NC(C)(C)C)N(Cc1cccc(C)c1)C(=O)COc1ccc(Cl)c(C)c1. The predicted octanol–water partition coefficient (Wildman–Crippen LogP) is 5.06. The Morgan fingerprint density at radius 1 is 1.13 bits per heavy atom. The molecule has 2 aromatic rings. The van der Waals surface area contributed by atoms with Crippen molar-refractivity contribution in [1.29, 1.82) is 0 Å². The number of carbonyl (C=O) groups is 2. The summed E-state index contributed by atoms with van der Waals surface area (Å²) in [6, 6.07) is 12.6. The van der Waals surface area contributed by atoms with E-state index >= 15 is 0 Å². The molecule has 2 amide bonds. The number of rotatable bonds is 8. The van der Waals surface area contributed by atoms with E-state index in [0.29, 0.717) is 23.7 Å². The van der Waals surface area contributed by atoms with Crippen LogP contribution in [-0.4, -0.2) is 34.9 Å². The Morgan fingerprint density at radius 2 is 1.84 bits per heavy atom. The van der Waals surface area contributed by atoms with Crippen LogP contribution in [0.4, 0.5) is 0 Å². The fourth-order valence-electron chi connectivity index (χ4n) is 3.31. The molecule has 2 aromatic carbocycles. The highest BCUT2D eigenvalue weighted by atomic mass is 35.5. The van der Waals surface area contributed by atoms with Gasteiger partial charge in [-0.2, -0.15) is 0 Å². The summed E-state index contributed by atoms with van der Waals surface area (Å²) in [5.41, 5.74) is 2.56. The summed E-state index contributed by atoms with van der Waals surface area (Å²) in [4.78, 5) is 27.8. The molecule has 0 heterocycles. The molecule has 0 spiro atoms. The molecular formula is C25H33ClN2O3. The molecule has 0 aliphatic carbocycles. The van der Waals surface area contributed by atoms with Crippen LogP contribution < -0.4 is 10.1 Å². The minimum atomic E-state index is -0.595. The Bertz CT molecular complexity index is 921. The highest BCUT2D eigenvalue weighted by Gasteiger charge is 2.30. The van der Waals surface area contributed by atoms with Crippen molar-refractivity contribution in [1.82, 2.24) is 10.2 Å². The van der Waals surface area contributed by atoms with Gasteiger partial charge >= 0.3 is 0 Å². The number of amides is 2. The van der Waals surface area contributed by atoms with Crippen LogP contribution in [0, 0.1) is 13.8 Å². The van der Waals surface area contributed by atoms with Gasteiger partial charge in [-0.05, 0) is 70.4 Å². The number of nitrogens with zero attached hydrogens (tertiary/aromatic N) is 1. The van der Waals surface area contributed by atoms with Crippen molar-refractivity contribution in [3.05, 3.63) is 64.2 Å². The first-order chi connectivity index (χ1) is 14.5. The smallest absolute Gasteiger partial charge is 0.261 e. The minimum Gasteiger partial charge on any atom is -0.484 e. The molecule has 0 saturated heterocycles. The third-order valence-corrected chi connectivity index (χ3v) is 5.24. The Kier molecular flexibility index (Phi) is 8.52. The van der Waals surface area contributed by atoms with E-state index in [1.807, 2.05) is 65.8 Å². The fraction of sp³-hybridized carbons (Fsp3) is 0.440. The first-order valence-corrected chi connectivity index (χ1v) is 10.9. The zero-order chi connectivity index (χ0) is 23.2. The fourth-order valence-corrected chi connectivity index (χ4v) is 3.43. The van der Waals surface area contributed by atoms with Crippen LogP contribution in [0.25, 0.3) is 0 Å². The van der Waals surface area contributed by atoms with E-state index < -0.39 is 6.04 Å². The molecule has 0 bridgehead atoms. The van der Waals surface area contributed by atoms with Crippen molar-refractivity contribution in [2.24, 2.45) is 0 Å². The molecule has 0 unspecified atom stereocenters. The lowest BCUT2D eigenvalue weighted by atomic mass is 10.1. The lowest BCUT2D eigenvalue weighted by Crippen LogP contribution is -2.54. The maximum Gasteiger partial charge on any atom is 0.261 e. The lowest BCUT2D eigenvalue weighted by Gasteiger charge is -2.33. The van der Waals surface area contributed by atoms with Gasteiger partial charge in [0.2, 0.25) is 5.91 Å². The molecule has 0 saturated carbocycles. The second-order valence-electron chi connectivity index (χ2n) is 8.87. The normalized spacial score (nSPS) is 12.2. The molecule has 5 nitrogen and oxygen atoms in total. The van der Waals surface area contributed by atoms with E-state index in [2.05, 4.69) is 5.32 Å². The van der Waals surface area contributed by atoms with Crippen LogP contribution in [0.2, 0.25) is 5.02 Å². The zero-order valence-electron chi connectivity index (χ0n) is 19.3. The third kappa shape index (κ3) is 7.59. The average Bonchev–Trinajstić information content (AvgIpc) is 2.67. The van der Waals surface area contributed by atoms with Gasteiger partial charge in [0.25, 0.3) is 5.91 Å². The molecule has 168 valence electrons. The highest BCUT2D eigenvalue weighted by Crippen LogP contribution is 2.21. The lowest BCUT2D eigenvalue weighted by molar-refractivity contribution is -0.143. The first kappa shape index (κ1) is 24.7. The number of nitrogens with one attached hydrogen (secondary N) is 1. The van der Waals surface area contributed by atoms with Crippen molar-refractivity contribution in [3.63, 3.8) is 0 Å². The van der Waals surface area contributed by atoms with E-state index in [4.69, 9.17) is 16.3 Å². The maximum atomic E-state index is 13.2. The van der Waals surface area contributed by atoms with Gasteiger partial charge in [-0.1, -0.05) is 48.4 Å². The molecule has 0 fully saturated rings. The molecule has 1 N–H and O–H groups in total. The number of hydrogen-bond donors (Lipinski definition) is 1. The van der Waals surface area contributed by atoms with Crippen LogP contribution in [0.5, 0.6) is 5.75 Å². The monoisotopic (exact) mass is 444 g/mol. The molecule has 6 heteroatoms. The van der Waals surface area contributed by atoms with Crippen molar-refractivity contribution >= 4 is 23.4 Å². The van der Waals surface area contributed by atoms with Crippen molar-refractivity contribution in [2.45, 2.75) is 66.1 Å². The summed E-state index contributed by atoms with van der Waals surface area (Å²) < 4.78 is 5.74. The topological polar surface area (TPSA) is 58.6 Å². The van der Waals surface area contributed by atoms with Crippen LogP contribution in [0.3, 0.4) is 0 Å². The van der Waals surface area contributed by atoms with Gasteiger partial charge in [0.05, 0.1) is 0 Å². The third-order valence-electron chi connectivity index (χ3n) is 4.81. The van der Waals surface area contributed by atoms with Gasteiger partial charge < -0.3 is 15.0 Å². The molecule has 2 rings (SSSR count). The van der Waals surface area contributed by atoms with E-state index in [1.54, 1.807) is 23.1 Å². The number of hydrogen-bond acceptors (Lipinski definition) is 3. The molecule has 0 aliphatic rings. The molecule has 31 heavy (non-hydrogen) atoms. The largest absolute Gasteiger partial charge is 0.484 e. The standard InChI is InChI=1S/C25H33ClN2O3/c1-7-22(24(30)27-25(4,5)6)28(15-19-10-8-9-17(2)13-19)23(29)16-31-20-11-12-21(26)18(3)14-20/h8-14,22H,7,15-16H2,1-6H3,(H,27,30)/t22-/m1/s1.